The van der Waals surface area contributed by atoms with Gasteiger partial charge in [-0.3, -0.25) is 19.8 Å². The number of para-hydroxylation sites is 1. The zero-order valence-corrected chi connectivity index (χ0v) is 19.2. The van der Waals surface area contributed by atoms with Crippen LogP contribution in [0.4, 0.5) is 5.69 Å². The average molecular weight is 468 g/mol. The molecule has 1 saturated heterocycles. The summed E-state index contributed by atoms with van der Waals surface area (Å²) in [6, 6.07) is 25.0. The molecule has 7 heteroatoms. The molecule has 1 fully saturated rings. The maximum Gasteiger partial charge on any atom is 0.270 e. The molecule has 6 nitrogen and oxygen atoms in total. The fourth-order valence-electron chi connectivity index (χ4n) is 4.08. The van der Waals surface area contributed by atoms with Gasteiger partial charge in [0.15, 0.2) is 5.11 Å². The van der Waals surface area contributed by atoms with Crippen LogP contribution >= 0.6 is 12.2 Å². The van der Waals surface area contributed by atoms with Crippen LogP contribution in [0.3, 0.4) is 0 Å². The number of methoxy groups -OCH3 is 1. The van der Waals surface area contributed by atoms with E-state index in [0.29, 0.717) is 18.0 Å². The Balaban J connectivity index is 1.55. The number of carbonyl (C=O) groups is 2. The van der Waals surface area contributed by atoms with E-state index in [9.17, 15) is 9.59 Å². The number of benzene rings is 3. The molecule has 0 saturated carbocycles. The smallest absolute Gasteiger partial charge is 0.270 e. The summed E-state index contributed by atoms with van der Waals surface area (Å²) in [4.78, 5) is 27.5. The van der Waals surface area contributed by atoms with Crippen molar-refractivity contribution in [1.82, 2.24) is 9.88 Å². The second kappa shape index (κ2) is 8.96. The van der Waals surface area contributed by atoms with Crippen molar-refractivity contribution in [2.45, 2.75) is 6.54 Å². The molecule has 3 aromatic carbocycles. The Hall–Kier alpha value is -4.23. The summed E-state index contributed by atoms with van der Waals surface area (Å²) >= 11 is 5.31. The lowest BCUT2D eigenvalue weighted by molar-refractivity contribution is -0.122. The maximum atomic E-state index is 13.4. The van der Waals surface area contributed by atoms with Crippen molar-refractivity contribution in [2.75, 3.05) is 12.0 Å². The van der Waals surface area contributed by atoms with E-state index < -0.39 is 11.8 Å². The number of nitrogens with one attached hydrogen (secondary N) is 1. The average Bonchev–Trinajstić information content (AvgIpc) is 3.20. The summed E-state index contributed by atoms with van der Waals surface area (Å²) < 4.78 is 7.31. The first kappa shape index (κ1) is 21.6. The molecule has 1 N–H and O–H groups in total. The van der Waals surface area contributed by atoms with Crippen LogP contribution in [-0.4, -0.2) is 28.6 Å². The molecule has 2 amide bonds. The molecule has 168 valence electrons. The molecule has 1 aliphatic heterocycles. The number of anilines is 1. The third-order valence-electron chi connectivity index (χ3n) is 5.75. The molecular formula is C27H21N3O3S. The lowest BCUT2D eigenvalue weighted by Crippen LogP contribution is -2.54. The van der Waals surface area contributed by atoms with Crippen molar-refractivity contribution in [3.63, 3.8) is 0 Å². The van der Waals surface area contributed by atoms with E-state index in [1.165, 1.54) is 4.90 Å². The number of rotatable bonds is 5. The summed E-state index contributed by atoms with van der Waals surface area (Å²) in [5, 5.41) is 3.64. The second-order valence-electron chi connectivity index (χ2n) is 7.87. The molecule has 1 aliphatic rings. The SMILES string of the molecule is COc1ccc(N2C(=O)C(=Cc3cn(Cc4ccccc4)c4ccccc34)C(=O)NC2=S)cc1. The van der Waals surface area contributed by atoms with Crippen molar-refractivity contribution in [3.05, 3.63) is 102 Å². The number of nitrogens with zero attached hydrogens (tertiary/aromatic N) is 2. The van der Waals surface area contributed by atoms with Crippen LogP contribution in [0.2, 0.25) is 0 Å². The Bertz CT molecular complexity index is 1440. The van der Waals surface area contributed by atoms with Gasteiger partial charge in [-0.2, -0.15) is 0 Å². The number of hydrogen-bond acceptors (Lipinski definition) is 4. The number of thiocarbonyl (C=S) groups is 1. The minimum atomic E-state index is -0.514. The molecule has 5 rings (SSSR count). The summed E-state index contributed by atoms with van der Waals surface area (Å²) in [6.07, 6.45) is 3.61. The molecule has 4 aromatic rings. The van der Waals surface area contributed by atoms with Crippen LogP contribution in [0.15, 0.2) is 90.6 Å². The van der Waals surface area contributed by atoms with Gasteiger partial charge in [0.05, 0.1) is 12.8 Å². The summed E-state index contributed by atoms with van der Waals surface area (Å²) in [5.41, 5.74) is 3.53. The van der Waals surface area contributed by atoms with Gasteiger partial charge in [0.1, 0.15) is 11.3 Å². The highest BCUT2D eigenvalue weighted by Gasteiger charge is 2.34. The fraction of sp³-hybridized carbons (Fsp3) is 0.0741. The molecule has 34 heavy (non-hydrogen) atoms. The zero-order valence-electron chi connectivity index (χ0n) is 18.4. The molecule has 0 radical (unpaired) electrons. The van der Waals surface area contributed by atoms with Crippen LogP contribution in [0, 0.1) is 0 Å². The van der Waals surface area contributed by atoms with Gasteiger partial charge < -0.3 is 9.30 Å². The van der Waals surface area contributed by atoms with E-state index in [1.807, 2.05) is 48.7 Å². The number of hydrogen-bond donors (Lipinski definition) is 1. The number of fused-ring (bicyclic) bond motifs is 1. The predicted molar refractivity (Wildman–Crippen MR) is 137 cm³/mol. The lowest BCUT2D eigenvalue weighted by Gasteiger charge is -2.29. The van der Waals surface area contributed by atoms with Crippen molar-refractivity contribution in [2.24, 2.45) is 0 Å². The Labute approximate surface area is 202 Å². The number of ether oxygens (including phenoxy) is 1. The van der Waals surface area contributed by atoms with Gasteiger partial charge in [0.25, 0.3) is 11.8 Å². The Morgan fingerprint density at radius 2 is 1.65 bits per heavy atom. The molecular weight excluding hydrogens is 446 g/mol. The molecule has 0 unspecified atom stereocenters. The van der Waals surface area contributed by atoms with Crippen molar-refractivity contribution in [1.29, 1.82) is 0 Å². The first-order chi connectivity index (χ1) is 16.5. The van der Waals surface area contributed by atoms with E-state index in [2.05, 4.69) is 22.0 Å². The molecule has 2 heterocycles. The first-order valence-electron chi connectivity index (χ1n) is 10.7. The number of amides is 2. The highest BCUT2D eigenvalue weighted by Crippen LogP contribution is 2.28. The largest absolute Gasteiger partial charge is 0.497 e. The Morgan fingerprint density at radius 1 is 0.941 bits per heavy atom. The normalized spacial score (nSPS) is 15.1. The highest BCUT2D eigenvalue weighted by atomic mass is 32.1. The highest BCUT2D eigenvalue weighted by molar-refractivity contribution is 7.80. The maximum absolute atomic E-state index is 13.4. The minimum absolute atomic E-state index is 0.0204. The van der Waals surface area contributed by atoms with E-state index in [-0.39, 0.29) is 10.7 Å². The Morgan fingerprint density at radius 3 is 2.38 bits per heavy atom. The number of carbonyl (C=O) groups excluding carboxylic acids is 2. The second-order valence-corrected chi connectivity index (χ2v) is 8.26. The van der Waals surface area contributed by atoms with E-state index in [1.54, 1.807) is 37.5 Å². The van der Waals surface area contributed by atoms with Gasteiger partial charge in [0.2, 0.25) is 0 Å². The zero-order chi connectivity index (χ0) is 23.7. The number of aromatic nitrogens is 1. The van der Waals surface area contributed by atoms with E-state index in [4.69, 9.17) is 17.0 Å². The van der Waals surface area contributed by atoms with Gasteiger partial charge in [0, 0.05) is 29.2 Å². The van der Waals surface area contributed by atoms with E-state index in [0.717, 1.165) is 22.0 Å². The molecule has 0 atom stereocenters. The quantitative estimate of drug-likeness (QED) is 0.266. The third-order valence-corrected chi connectivity index (χ3v) is 6.03. The molecule has 0 aliphatic carbocycles. The summed E-state index contributed by atoms with van der Waals surface area (Å²) in [7, 11) is 1.57. The lowest BCUT2D eigenvalue weighted by atomic mass is 10.1. The summed E-state index contributed by atoms with van der Waals surface area (Å²) in [5.74, 6) is -0.330. The molecule has 0 bridgehead atoms. The standard InChI is InChI=1S/C27H21N3O3S/c1-33-21-13-11-20(12-14-21)30-26(32)23(25(31)28-27(30)34)15-19-17-29(16-18-7-3-2-4-8-18)24-10-6-5-9-22(19)24/h2-15,17H,16H2,1H3,(H,28,31,34). The third kappa shape index (κ3) is 3.97. The fourth-order valence-corrected chi connectivity index (χ4v) is 4.36. The predicted octanol–water partition coefficient (Wildman–Crippen LogP) is 4.53. The van der Waals surface area contributed by atoms with Crippen molar-refractivity contribution in [3.8, 4) is 5.75 Å². The van der Waals surface area contributed by atoms with Gasteiger partial charge >= 0.3 is 0 Å². The van der Waals surface area contributed by atoms with Gasteiger partial charge in [-0.1, -0.05) is 48.5 Å². The Kier molecular flexibility index (Phi) is 5.69. The van der Waals surface area contributed by atoms with Crippen LogP contribution in [-0.2, 0) is 16.1 Å². The van der Waals surface area contributed by atoms with Crippen LogP contribution in [0.25, 0.3) is 17.0 Å². The van der Waals surface area contributed by atoms with E-state index >= 15 is 0 Å². The van der Waals surface area contributed by atoms with Crippen LogP contribution in [0.1, 0.15) is 11.1 Å². The van der Waals surface area contributed by atoms with Crippen molar-refractivity contribution >= 4 is 51.8 Å². The molecule has 1 aromatic heterocycles. The van der Waals surface area contributed by atoms with Crippen LogP contribution < -0.4 is 15.0 Å². The topological polar surface area (TPSA) is 63.6 Å². The van der Waals surface area contributed by atoms with Crippen molar-refractivity contribution < 1.29 is 14.3 Å². The molecule has 0 spiro atoms. The minimum Gasteiger partial charge on any atom is -0.497 e. The first-order valence-corrected chi connectivity index (χ1v) is 11.1. The van der Waals surface area contributed by atoms with Gasteiger partial charge in [-0.15, -0.1) is 0 Å². The van der Waals surface area contributed by atoms with Crippen LogP contribution in [0.5, 0.6) is 5.75 Å². The van der Waals surface area contributed by atoms with Gasteiger partial charge in [-0.25, -0.2) is 0 Å². The van der Waals surface area contributed by atoms with Gasteiger partial charge in [-0.05, 0) is 54.2 Å². The summed E-state index contributed by atoms with van der Waals surface area (Å²) in [6.45, 7) is 0.673. The monoisotopic (exact) mass is 467 g/mol.